The Hall–Kier alpha value is -2.37. The van der Waals surface area contributed by atoms with Crippen molar-refractivity contribution in [1.82, 2.24) is 9.97 Å². The highest BCUT2D eigenvalue weighted by Gasteiger charge is 2.06. The lowest BCUT2D eigenvalue weighted by Gasteiger charge is -2.13. The Morgan fingerprint density at radius 3 is 2.42 bits per heavy atom. The van der Waals surface area contributed by atoms with E-state index in [2.05, 4.69) is 20.6 Å². The van der Waals surface area contributed by atoms with E-state index in [4.69, 9.17) is 0 Å². The highest BCUT2D eigenvalue weighted by molar-refractivity contribution is 5.61. The number of hydrogen-bond acceptors (Lipinski definition) is 5. The summed E-state index contributed by atoms with van der Waals surface area (Å²) in [4.78, 5) is 9.81. The molecular weight excluding hydrogens is 245 g/mol. The number of halogens is 1. The SMILES string of the molecule is CNc1ncc(F)c(Nc2ccc(N(C)C)cc2)n1. The molecule has 1 aromatic carbocycles. The number of nitrogens with zero attached hydrogens (tertiary/aromatic N) is 3. The molecule has 0 aliphatic carbocycles. The molecule has 0 amide bonds. The first-order valence-electron chi connectivity index (χ1n) is 5.85. The molecule has 0 radical (unpaired) electrons. The van der Waals surface area contributed by atoms with Crippen molar-refractivity contribution in [1.29, 1.82) is 0 Å². The molecule has 0 atom stereocenters. The van der Waals surface area contributed by atoms with Gasteiger partial charge in [-0.05, 0) is 24.3 Å². The van der Waals surface area contributed by atoms with Crippen LogP contribution in [0.15, 0.2) is 30.5 Å². The van der Waals surface area contributed by atoms with Crippen LogP contribution in [0.2, 0.25) is 0 Å². The standard InChI is InChI=1S/C13H16FN5/c1-15-13-16-8-11(14)12(18-13)17-9-4-6-10(7-5-9)19(2)3/h4-8H,1-3H3,(H2,15,16,17,18). The van der Waals surface area contributed by atoms with Gasteiger partial charge in [0.25, 0.3) is 0 Å². The summed E-state index contributed by atoms with van der Waals surface area (Å²) in [5.74, 6) is 0.0291. The fraction of sp³-hybridized carbons (Fsp3) is 0.231. The van der Waals surface area contributed by atoms with E-state index in [1.807, 2.05) is 43.3 Å². The van der Waals surface area contributed by atoms with Crippen molar-refractivity contribution in [3.63, 3.8) is 0 Å². The highest BCUT2D eigenvalue weighted by Crippen LogP contribution is 2.21. The van der Waals surface area contributed by atoms with E-state index < -0.39 is 5.82 Å². The molecule has 1 aromatic heterocycles. The molecule has 0 aliphatic rings. The Balaban J connectivity index is 2.20. The third-order valence-corrected chi connectivity index (χ3v) is 2.61. The Bertz CT molecular complexity index is 553. The molecule has 6 heteroatoms. The smallest absolute Gasteiger partial charge is 0.224 e. The van der Waals surface area contributed by atoms with Gasteiger partial charge in [0.15, 0.2) is 11.6 Å². The van der Waals surface area contributed by atoms with Gasteiger partial charge in [-0.3, -0.25) is 0 Å². The molecule has 19 heavy (non-hydrogen) atoms. The Labute approximate surface area is 111 Å². The van der Waals surface area contributed by atoms with Crippen molar-refractivity contribution < 1.29 is 4.39 Å². The van der Waals surface area contributed by atoms with Crippen LogP contribution >= 0.6 is 0 Å². The van der Waals surface area contributed by atoms with E-state index in [0.29, 0.717) is 5.95 Å². The second-order valence-corrected chi connectivity index (χ2v) is 4.21. The second kappa shape index (κ2) is 5.51. The van der Waals surface area contributed by atoms with E-state index in [-0.39, 0.29) is 5.82 Å². The van der Waals surface area contributed by atoms with Crippen molar-refractivity contribution in [3.05, 3.63) is 36.3 Å². The molecule has 0 fully saturated rings. The van der Waals surface area contributed by atoms with Gasteiger partial charge in [0, 0.05) is 32.5 Å². The fourth-order valence-electron chi connectivity index (χ4n) is 1.55. The molecule has 0 aliphatic heterocycles. The average Bonchev–Trinajstić information content (AvgIpc) is 2.42. The topological polar surface area (TPSA) is 53.1 Å². The number of nitrogens with one attached hydrogen (secondary N) is 2. The van der Waals surface area contributed by atoms with Gasteiger partial charge in [-0.2, -0.15) is 4.98 Å². The predicted octanol–water partition coefficient (Wildman–Crippen LogP) is 2.47. The number of anilines is 4. The zero-order valence-corrected chi connectivity index (χ0v) is 11.1. The zero-order chi connectivity index (χ0) is 13.8. The number of rotatable bonds is 4. The molecule has 2 aromatic rings. The minimum Gasteiger partial charge on any atom is -0.378 e. The molecule has 1 heterocycles. The van der Waals surface area contributed by atoms with E-state index in [1.54, 1.807) is 7.05 Å². The van der Waals surface area contributed by atoms with Crippen LogP contribution in [-0.4, -0.2) is 31.1 Å². The third-order valence-electron chi connectivity index (χ3n) is 2.61. The summed E-state index contributed by atoms with van der Waals surface area (Å²) in [6.45, 7) is 0. The van der Waals surface area contributed by atoms with Crippen molar-refractivity contribution >= 4 is 23.1 Å². The summed E-state index contributed by atoms with van der Waals surface area (Å²) in [6.07, 6.45) is 1.13. The van der Waals surface area contributed by atoms with Gasteiger partial charge in [-0.15, -0.1) is 0 Å². The first kappa shape index (κ1) is 13.1. The van der Waals surface area contributed by atoms with Gasteiger partial charge in [0.1, 0.15) is 0 Å². The van der Waals surface area contributed by atoms with Crippen LogP contribution in [-0.2, 0) is 0 Å². The van der Waals surface area contributed by atoms with E-state index in [0.717, 1.165) is 17.6 Å². The van der Waals surface area contributed by atoms with E-state index in [9.17, 15) is 4.39 Å². The average molecular weight is 261 g/mol. The molecular formula is C13H16FN5. The van der Waals surface area contributed by atoms with Crippen molar-refractivity contribution in [2.24, 2.45) is 0 Å². The minimum absolute atomic E-state index is 0.150. The first-order chi connectivity index (χ1) is 9.10. The van der Waals surface area contributed by atoms with Gasteiger partial charge in [0.2, 0.25) is 5.95 Å². The van der Waals surface area contributed by atoms with Gasteiger partial charge in [-0.25, -0.2) is 9.37 Å². The second-order valence-electron chi connectivity index (χ2n) is 4.21. The third kappa shape index (κ3) is 3.09. The van der Waals surface area contributed by atoms with Gasteiger partial charge in [-0.1, -0.05) is 0 Å². The zero-order valence-electron chi connectivity index (χ0n) is 11.1. The van der Waals surface area contributed by atoms with Crippen LogP contribution in [0.25, 0.3) is 0 Å². The lowest BCUT2D eigenvalue weighted by atomic mass is 10.2. The summed E-state index contributed by atoms with van der Waals surface area (Å²) in [6, 6.07) is 7.63. The largest absolute Gasteiger partial charge is 0.378 e. The van der Waals surface area contributed by atoms with Crippen LogP contribution in [0.1, 0.15) is 0 Å². The highest BCUT2D eigenvalue weighted by atomic mass is 19.1. The van der Waals surface area contributed by atoms with Crippen LogP contribution in [0, 0.1) is 5.82 Å². The van der Waals surface area contributed by atoms with Gasteiger partial charge >= 0.3 is 0 Å². The Morgan fingerprint density at radius 1 is 1.16 bits per heavy atom. The summed E-state index contributed by atoms with van der Waals surface area (Å²) < 4.78 is 13.6. The molecule has 0 saturated carbocycles. The molecule has 0 bridgehead atoms. The molecule has 100 valence electrons. The molecule has 2 rings (SSSR count). The monoisotopic (exact) mass is 261 g/mol. The van der Waals surface area contributed by atoms with Gasteiger partial charge in [0.05, 0.1) is 6.20 Å². The molecule has 0 unspecified atom stereocenters. The van der Waals surface area contributed by atoms with Crippen molar-refractivity contribution in [2.75, 3.05) is 36.7 Å². The summed E-state index contributed by atoms with van der Waals surface area (Å²) in [5, 5.41) is 5.70. The normalized spacial score (nSPS) is 10.1. The van der Waals surface area contributed by atoms with Crippen LogP contribution in [0.4, 0.5) is 27.5 Å². The molecule has 5 nitrogen and oxygen atoms in total. The molecule has 0 saturated heterocycles. The fourth-order valence-corrected chi connectivity index (χ4v) is 1.55. The lowest BCUT2D eigenvalue weighted by Crippen LogP contribution is -2.08. The quantitative estimate of drug-likeness (QED) is 0.885. The summed E-state index contributed by atoms with van der Waals surface area (Å²) >= 11 is 0. The van der Waals surface area contributed by atoms with Crippen LogP contribution < -0.4 is 15.5 Å². The molecule has 2 N–H and O–H groups in total. The Kier molecular flexibility index (Phi) is 3.79. The minimum atomic E-state index is -0.490. The van der Waals surface area contributed by atoms with Crippen LogP contribution in [0.3, 0.4) is 0 Å². The summed E-state index contributed by atoms with van der Waals surface area (Å²) in [5.41, 5.74) is 1.84. The maximum absolute atomic E-state index is 13.6. The number of hydrogen-bond donors (Lipinski definition) is 2. The van der Waals surface area contributed by atoms with E-state index >= 15 is 0 Å². The predicted molar refractivity (Wildman–Crippen MR) is 75.6 cm³/mol. The summed E-state index contributed by atoms with van der Waals surface area (Å²) in [7, 11) is 5.61. The maximum Gasteiger partial charge on any atom is 0.224 e. The number of benzene rings is 1. The first-order valence-corrected chi connectivity index (χ1v) is 5.85. The van der Waals surface area contributed by atoms with Gasteiger partial charge < -0.3 is 15.5 Å². The molecule has 0 spiro atoms. The maximum atomic E-state index is 13.6. The number of aromatic nitrogens is 2. The van der Waals surface area contributed by atoms with Crippen LogP contribution in [0.5, 0.6) is 0 Å². The van der Waals surface area contributed by atoms with E-state index in [1.165, 1.54) is 0 Å². The Morgan fingerprint density at radius 2 is 1.84 bits per heavy atom. The lowest BCUT2D eigenvalue weighted by molar-refractivity contribution is 0.619. The van der Waals surface area contributed by atoms with Crippen molar-refractivity contribution in [2.45, 2.75) is 0 Å². The van der Waals surface area contributed by atoms with Crippen molar-refractivity contribution in [3.8, 4) is 0 Å².